The van der Waals surface area contributed by atoms with E-state index in [4.69, 9.17) is 20.4 Å². The number of aryl methyl sites for hydroxylation is 2. The topological polar surface area (TPSA) is 9.23 Å². The summed E-state index contributed by atoms with van der Waals surface area (Å²) in [6, 6.07) is 14.4. The van der Waals surface area contributed by atoms with E-state index in [1.54, 1.807) is 22.7 Å². The second-order valence-electron chi connectivity index (χ2n) is 7.52. The summed E-state index contributed by atoms with van der Waals surface area (Å²) in [6.07, 6.45) is 4.87. The molecule has 1 atom stereocenters. The van der Waals surface area contributed by atoms with Gasteiger partial charge in [-0.25, -0.2) is 0 Å². The Hall–Kier alpha value is -1.97. The normalized spacial score (nSPS) is 19.2. The van der Waals surface area contributed by atoms with E-state index in [0.29, 0.717) is 11.9 Å². The van der Waals surface area contributed by atoms with Crippen molar-refractivity contribution in [2.24, 2.45) is 0 Å². The molecule has 0 N–H and O–H groups in total. The van der Waals surface area contributed by atoms with E-state index in [2.05, 4.69) is 63.3 Å². The molecule has 0 aliphatic heterocycles. The van der Waals surface area contributed by atoms with Gasteiger partial charge in [0.1, 0.15) is 27.0 Å². The van der Waals surface area contributed by atoms with Gasteiger partial charge in [0, 0.05) is 25.9 Å². The van der Waals surface area contributed by atoms with Crippen LogP contribution in [0.4, 0.5) is 0 Å². The molecule has 4 radical (unpaired) electrons. The standard InChI is InChI=1S/C23H20B2OS2/c1-14-4-6-21(27-14)16-8-18(24)11-20(10-16)26-23(3)12-17(9-19(25)13-23)22-7-5-15(2)28-22/h4-12H,13H2,1-3H3. The van der Waals surface area contributed by atoms with Gasteiger partial charge in [0.25, 0.3) is 0 Å². The van der Waals surface area contributed by atoms with Crippen LogP contribution in [0.3, 0.4) is 0 Å². The molecule has 4 rings (SSSR count). The number of hydrogen-bond donors (Lipinski definition) is 0. The maximum atomic E-state index is 6.45. The van der Waals surface area contributed by atoms with Crippen LogP contribution in [-0.4, -0.2) is 21.3 Å². The number of rotatable bonds is 4. The number of benzene rings is 1. The first-order valence-electron chi connectivity index (χ1n) is 9.22. The lowest BCUT2D eigenvalue weighted by Crippen LogP contribution is -2.33. The summed E-state index contributed by atoms with van der Waals surface area (Å²) < 4.78 is 6.45. The molecule has 0 amide bonds. The lowest BCUT2D eigenvalue weighted by Gasteiger charge is -2.32. The zero-order valence-corrected chi connectivity index (χ0v) is 17.9. The van der Waals surface area contributed by atoms with Crippen molar-refractivity contribution in [1.82, 2.24) is 0 Å². The van der Waals surface area contributed by atoms with Crippen LogP contribution in [0, 0.1) is 13.8 Å². The van der Waals surface area contributed by atoms with Gasteiger partial charge in [-0.3, -0.25) is 0 Å². The summed E-state index contributed by atoms with van der Waals surface area (Å²) in [6.45, 7) is 6.29. The molecule has 2 aromatic heterocycles. The maximum Gasteiger partial charge on any atom is 0.128 e. The molecule has 1 aliphatic rings. The maximum absolute atomic E-state index is 6.45. The molecule has 5 heteroatoms. The average molecular weight is 398 g/mol. The Morgan fingerprint density at radius 2 is 1.61 bits per heavy atom. The van der Waals surface area contributed by atoms with Crippen molar-refractivity contribution in [3.8, 4) is 16.2 Å². The van der Waals surface area contributed by atoms with Crippen molar-refractivity contribution in [3.63, 3.8) is 0 Å². The summed E-state index contributed by atoms with van der Waals surface area (Å²) in [5, 5.41) is 0. The second-order valence-corrected chi connectivity index (χ2v) is 10.1. The minimum Gasteiger partial charge on any atom is -0.483 e. The predicted molar refractivity (Wildman–Crippen MR) is 124 cm³/mol. The molecular formula is C23H20B2OS2. The molecule has 1 nitrogen and oxygen atoms in total. The molecule has 0 saturated carbocycles. The first-order valence-corrected chi connectivity index (χ1v) is 10.9. The SMILES string of the molecule is [B]C1=CC(c2ccc(C)s2)=CC(C)(Oc2cc([B])cc(-c3ccc(C)s3)c2)C1. The zero-order chi connectivity index (χ0) is 19.9. The second kappa shape index (κ2) is 7.46. The molecule has 1 unspecified atom stereocenters. The monoisotopic (exact) mass is 398 g/mol. The van der Waals surface area contributed by atoms with Crippen LogP contribution in [0.5, 0.6) is 5.75 Å². The summed E-state index contributed by atoms with van der Waals surface area (Å²) in [7, 11) is 12.4. The summed E-state index contributed by atoms with van der Waals surface area (Å²) in [5.74, 6) is 0.760. The molecule has 136 valence electrons. The Morgan fingerprint density at radius 1 is 0.929 bits per heavy atom. The fourth-order valence-electron chi connectivity index (χ4n) is 3.56. The average Bonchev–Trinajstić information content (AvgIpc) is 3.21. The van der Waals surface area contributed by atoms with E-state index < -0.39 is 5.60 Å². The molecule has 1 aromatic carbocycles. The van der Waals surface area contributed by atoms with Gasteiger partial charge in [0.05, 0.1) is 0 Å². The largest absolute Gasteiger partial charge is 0.483 e. The highest BCUT2D eigenvalue weighted by molar-refractivity contribution is 7.15. The first-order chi connectivity index (χ1) is 13.3. The molecule has 0 bridgehead atoms. The van der Waals surface area contributed by atoms with Crippen molar-refractivity contribution in [2.75, 3.05) is 0 Å². The minimum absolute atomic E-state index is 0.525. The Labute approximate surface area is 177 Å². The summed E-state index contributed by atoms with van der Waals surface area (Å²) >= 11 is 3.52. The smallest absolute Gasteiger partial charge is 0.128 e. The van der Waals surface area contributed by atoms with E-state index in [0.717, 1.165) is 22.4 Å². The van der Waals surface area contributed by atoms with E-state index in [1.165, 1.54) is 19.5 Å². The number of allylic oxidation sites excluding steroid dienone is 2. The number of thiophene rings is 2. The van der Waals surface area contributed by atoms with Gasteiger partial charge in [-0.05, 0) is 74.4 Å². The lowest BCUT2D eigenvalue weighted by atomic mass is 9.78. The number of hydrogen-bond acceptors (Lipinski definition) is 3. The molecule has 2 heterocycles. The van der Waals surface area contributed by atoms with Crippen molar-refractivity contribution >= 4 is 49.4 Å². The van der Waals surface area contributed by atoms with Crippen LogP contribution in [0.2, 0.25) is 0 Å². The van der Waals surface area contributed by atoms with Gasteiger partial charge in [-0.2, -0.15) is 0 Å². The summed E-state index contributed by atoms with van der Waals surface area (Å²) in [5.41, 5.74) is 3.18. The molecule has 1 aliphatic carbocycles. The van der Waals surface area contributed by atoms with Gasteiger partial charge in [0.15, 0.2) is 0 Å². The van der Waals surface area contributed by atoms with Crippen molar-refractivity contribution < 1.29 is 4.74 Å². The third-order valence-electron chi connectivity index (χ3n) is 4.69. The van der Waals surface area contributed by atoms with E-state index in [1.807, 2.05) is 12.1 Å². The Kier molecular flexibility index (Phi) is 5.15. The predicted octanol–water partition coefficient (Wildman–Crippen LogP) is 5.56. The van der Waals surface area contributed by atoms with E-state index >= 15 is 0 Å². The zero-order valence-electron chi connectivity index (χ0n) is 16.3. The molecular weight excluding hydrogens is 378 g/mol. The van der Waals surface area contributed by atoms with Gasteiger partial charge >= 0.3 is 0 Å². The fourth-order valence-corrected chi connectivity index (χ4v) is 5.27. The quantitative estimate of drug-likeness (QED) is 0.523. The Balaban J connectivity index is 1.67. The number of ether oxygens (including phenoxy) is 1. The Morgan fingerprint density at radius 3 is 2.25 bits per heavy atom. The Bertz CT molecular complexity index is 1090. The van der Waals surface area contributed by atoms with Crippen LogP contribution < -0.4 is 10.2 Å². The first kappa shape index (κ1) is 19.4. The summed E-state index contributed by atoms with van der Waals surface area (Å²) in [4.78, 5) is 4.95. The minimum atomic E-state index is -0.525. The highest BCUT2D eigenvalue weighted by atomic mass is 32.1. The lowest BCUT2D eigenvalue weighted by molar-refractivity contribution is 0.142. The third-order valence-corrected chi connectivity index (χ3v) is 6.79. The van der Waals surface area contributed by atoms with Crippen molar-refractivity contribution in [1.29, 1.82) is 0 Å². The molecule has 0 saturated heterocycles. The van der Waals surface area contributed by atoms with Gasteiger partial charge < -0.3 is 4.74 Å². The van der Waals surface area contributed by atoms with Gasteiger partial charge in [-0.1, -0.05) is 17.6 Å². The molecule has 28 heavy (non-hydrogen) atoms. The van der Waals surface area contributed by atoms with E-state index in [-0.39, 0.29) is 0 Å². The highest BCUT2D eigenvalue weighted by Crippen LogP contribution is 2.37. The van der Waals surface area contributed by atoms with Crippen molar-refractivity contribution in [2.45, 2.75) is 32.8 Å². The van der Waals surface area contributed by atoms with Crippen LogP contribution in [0.1, 0.15) is 28.0 Å². The van der Waals surface area contributed by atoms with Crippen LogP contribution >= 0.6 is 22.7 Å². The fraction of sp³-hybridized carbons (Fsp3) is 0.217. The van der Waals surface area contributed by atoms with Crippen molar-refractivity contribution in [3.05, 3.63) is 74.7 Å². The molecule has 3 aromatic rings. The van der Waals surface area contributed by atoms with Crippen LogP contribution in [0.15, 0.2) is 60.1 Å². The van der Waals surface area contributed by atoms with E-state index in [9.17, 15) is 0 Å². The van der Waals surface area contributed by atoms with Crippen LogP contribution in [0.25, 0.3) is 16.0 Å². The highest BCUT2D eigenvalue weighted by Gasteiger charge is 2.28. The van der Waals surface area contributed by atoms with Gasteiger partial charge in [0.2, 0.25) is 0 Å². The van der Waals surface area contributed by atoms with Gasteiger partial charge in [-0.15, -0.1) is 28.1 Å². The molecule has 0 fully saturated rings. The third kappa shape index (κ3) is 4.21. The van der Waals surface area contributed by atoms with Crippen LogP contribution in [-0.2, 0) is 0 Å². The molecule has 0 spiro atoms.